The Labute approximate surface area is 147 Å². The van der Waals surface area contributed by atoms with Crippen LogP contribution in [0.3, 0.4) is 0 Å². The molecule has 2 rings (SSSR count). The number of nitrogens with zero attached hydrogens (tertiary/aromatic N) is 2. The summed E-state index contributed by atoms with van der Waals surface area (Å²) >= 11 is 5.24. The largest absolute Gasteiger partial charge is 0.465 e. The van der Waals surface area contributed by atoms with Gasteiger partial charge in [-0.15, -0.1) is 0 Å². The Morgan fingerprint density at radius 2 is 2.04 bits per heavy atom. The van der Waals surface area contributed by atoms with Gasteiger partial charge in [-0.05, 0) is 44.6 Å². The third kappa shape index (κ3) is 3.91. The number of rotatable bonds is 5. The molecule has 0 bridgehead atoms. The van der Waals surface area contributed by atoms with Crippen molar-refractivity contribution in [3.8, 4) is 0 Å². The van der Waals surface area contributed by atoms with Crippen LogP contribution in [0.4, 0.5) is 5.69 Å². The van der Waals surface area contributed by atoms with Crippen LogP contribution in [0, 0.1) is 13.8 Å². The second-order valence-corrected chi connectivity index (χ2v) is 5.74. The number of carbonyl (C=O) groups is 1. The van der Waals surface area contributed by atoms with Gasteiger partial charge in [-0.1, -0.05) is 18.2 Å². The highest BCUT2D eigenvalue weighted by Gasteiger charge is 2.16. The second-order valence-electron chi connectivity index (χ2n) is 5.34. The maximum Gasteiger partial charge on any atom is 0.338 e. The van der Waals surface area contributed by atoms with Gasteiger partial charge in [-0.2, -0.15) is 5.10 Å². The summed E-state index contributed by atoms with van der Waals surface area (Å²) in [4.78, 5) is 11.9. The lowest BCUT2D eigenvalue weighted by Gasteiger charge is -2.11. The summed E-state index contributed by atoms with van der Waals surface area (Å²) in [5.74, 6) is -0.348. The van der Waals surface area contributed by atoms with Crippen LogP contribution in [0.15, 0.2) is 24.3 Å². The summed E-state index contributed by atoms with van der Waals surface area (Å²) in [5, 5.41) is 11.4. The number of carbonyl (C=O) groups excluding carboxylic acids is 1. The van der Waals surface area contributed by atoms with E-state index in [-0.39, 0.29) is 5.97 Å². The monoisotopic (exact) mass is 346 g/mol. The van der Waals surface area contributed by atoms with Crippen molar-refractivity contribution < 1.29 is 9.53 Å². The highest BCUT2D eigenvalue weighted by Crippen LogP contribution is 2.21. The number of benzene rings is 1. The molecule has 0 spiro atoms. The quantitative estimate of drug-likeness (QED) is 0.641. The summed E-state index contributed by atoms with van der Waals surface area (Å²) in [5.41, 5.74) is 4.09. The number of hydrogen-bond acceptors (Lipinski definition) is 4. The van der Waals surface area contributed by atoms with Crippen molar-refractivity contribution in [2.24, 2.45) is 0 Å². The van der Waals surface area contributed by atoms with Crippen LogP contribution in [0.2, 0.25) is 0 Å². The van der Waals surface area contributed by atoms with E-state index in [2.05, 4.69) is 15.7 Å². The molecule has 6 nitrogen and oxygen atoms in total. The molecule has 2 aromatic rings. The molecule has 0 aliphatic rings. The van der Waals surface area contributed by atoms with E-state index in [0.717, 1.165) is 29.2 Å². The summed E-state index contributed by atoms with van der Waals surface area (Å²) in [7, 11) is 1.38. The number of aromatic nitrogens is 2. The first-order valence-corrected chi connectivity index (χ1v) is 8.13. The Morgan fingerprint density at radius 1 is 1.33 bits per heavy atom. The van der Waals surface area contributed by atoms with E-state index in [9.17, 15) is 4.79 Å². The van der Waals surface area contributed by atoms with Crippen molar-refractivity contribution in [3.05, 3.63) is 46.8 Å². The van der Waals surface area contributed by atoms with Crippen LogP contribution >= 0.6 is 12.2 Å². The zero-order valence-corrected chi connectivity index (χ0v) is 15.2. The highest BCUT2D eigenvalue weighted by molar-refractivity contribution is 7.80. The van der Waals surface area contributed by atoms with Crippen molar-refractivity contribution in [2.75, 3.05) is 19.0 Å². The van der Waals surface area contributed by atoms with Gasteiger partial charge in [0, 0.05) is 6.54 Å². The molecule has 0 fully saturated rings. The van der Waals surface area contributed by atoms with Crippen LogP contribution in [-0.2, 0) is 11.3 Å². The van der Waals surface area contributed by atoms with Crippen molar-refractivity contribution in [1.82, 2.24) is 15.1 Å². The van der Waals surface area contributed by atoms with Crippen LogP contribution in [0.25, 0.3) is 0 Å². The molecule has 0 aliphatic carbocycles. The van der Waals surface area contributed by atoms with Crippen LogP contribution < -0.4 is 10.6 Å². The Bertz CT molecular complexity index is 755. The second kappa shape index (κ2) is 7.92. The van der Waals surface area contributed by atoms with E-state index < -0.39 is 0 Å². The Balaban J connectivity index is 2.29. The fourth-order valence-corrected chi connectivity index (χ4v) is 2.73. The topological polar surface area (TPSA) is 68.2 Å². The molecule has 0 unspecified atom stereocenters. The number of anilines is 1. The van der Waals surface area contributed by atoms with Gasteiger partial charge < -0.3 is 15.4 Å². The SMILES string of the molecule is CCNC(=S)Nc1c(C)nn(Cc2ccccc2C(=O)OC)c1C. The minimum absolute atomic E-state index is 0.348. The van der Waals surface area contributed by atoms with Crippen molar-refractivity contribution >= 4 is 29.0 Å². The lowest BCUT2D eigenvalue weighted by Crippen LogP contribution is -2.28. The lowest BCUT2D eigenvalue weighted by molar-refractivity contribution is 0.0599. The standard InChI is InChI=1S/C17H22N4O2S/c1-5-18-17(24)19-15-11(2)20-21(12(15)3)10-13-8-6-7-9-14(13)16(22)23-4/h6-9H,5,10H2,1-4H3,(H2,18,19,24). The lowest BCUT2D eigenvalue weighted by atomic mass is 10.1. The molecule has 1 aromatic heterocycles. The number of hydrogen-bond donors (Lipinski definition) is 2. The third-order valence-corrected chi connectivity index (χ3v) is 3.95. The number of esters is 1. The van der Waals surface area contributed by atoms with Crippen LogP contribution in [-0.4, -0.2) is 34.5 Å². The van der Waals surface area contributed by atoms with Crippen LogP contribution in [0.1, 0.15) is 34.2 Å². The van der Waals surface area contributed by atoms with Gasteiger partial charge in [-0.3, -0.25) is 4.68 Å². The Hall–Kier alpha value is -2.41. The third-order valence-electron chi connectivity index (χ3n) is 3.70. The summed E-state index contributed by atoms with van der Waals surface area (Å²) in [6, 6.07) is 7.37. The van der Waals surface area contributed by atoms with Crippen LogP contribution in [0.5, 0.6) is 0 Å². The predicted molar refractivity (Wildman–Crippen MR) is 98.5 cm³/mol. The first kappa shape index (κ1) is 17.9. The van der Waals surface area contributed by atoms with Gasteiger partial charge in [0.05, 0.1) is 36.3 Å². The fourth-order valence-electron chi connectivity index (χ4n) is 2.48. The van der Waals surface area contributed by atoms with Gasteiger partial charge >= 0.3 is 5.97 Å². The molecule has 0 amide bonds. The van der Waals surface area contributed by atoms with E-state index in [1.807, 2.05) is 43.7 Å². The molecule has 0 saturated heterocycles. The molecule has 0 saturated carbocycles. The van der Waals surface area contributed by atoms with Crippen molar-refractivity contribution in [1.29, 1.82) is 0 Å². The molecular weight excluding hydrogens is 324 g/mol. The van der Waals surface area contributed by atoms with E-state index in [1.165, 1.54) is 7.11 Å². The van der Waals surface area contributed by atoms with Gasteiger partial charge in [0.15, 0.2) is 5.11 Å². The number of aryl methyl sites for hydroxylation is 1. The van der Waals surface area contributed by atoms with Gasteiger partial charge in [0.2, 0.25) is 0 Å². The average Bonchev–Trinajstić information content (AvgIpc) is 2.82. The average molecular weight is 346 g/mol. The molecule has 0 radical (unpaired) electrons. The highest BCUT2D eigenvalue weighted by atomic mass is 32.1. The molecule has 0 atom stereocenters. The molecule has 0 aliphatic heterocycles. The van der Waals surface area contributed by atoms with Gasteiger partial charge in [-0.25, -0.2) is 4.79 Å². The Morgan fingerprint density at radius 3 is 2.71 bits per heavy atom. The molecular formula is C17H22N4O2S. The first-order chi connectivity index (χ1) is 11.5. The fraction of sp³-hybridized carbons (Fsp3) is 0.353. The zero-order chi connectivity index (χ0) is 17.7. The minimum atomic E-state index is -0.348. The normalized spacial score (nSPS) is 10.3. The smallest absolute Gasteiger partial charge is 0.338 e. The maximum atomic E-state index is 11.9. The Kier molecular flexibility index (Phi) is 5.92. The molecule has 1 heterocycles. The zero-order valence-electron chi connectivity index (χ0n) is 14.3. The van der Waals surface area contributed by atoms with Gasteiger partial charge in [0.1, 0.15) is 0 Å². The summed E-state index contributed by atoms with van der Waals surface area (Å²) in [6.45, 7) is 7.11. The minimum Gasteiger partial charge on any atom is -0.465 e. The van der Waals surface area contributed by atoms with E-state index in [1.54, 1.807) is 6.07 Å². The summed E-state index contributed by atoms with van der Waals surface area (Å²) in [6.07, 6.45) is 0. The number of ether oxygens (including phenoxy) is 1. The van der Waals surface area contributed by atoms with E-state index >= 15 is 0 Å². The molecule has 7 heteroatoms. The number of methoxy groups -OCH3 is 1. The summed E-state index contributed by atoms with van der Waals surface area (Å²) < 4.78 is 6.70. The maximum absolute atomic E-state index is 11.9. The predicted octanol–water partition coefficient (Wildman–Crippen LogP) is 2.64. The van der Waals surface area contributed by atoms with E-state index in [4.69, 9.17) is 17.0 Å². The molecule has 1 aromatic carbocycles. The molecule has 128 valence electrons. The first-order valence-electron chi connectivity index (χ1n) is 7.73. The number of nitrogens with one attached hydrogen (secondary N) is 2. The molecule has 24 heavy (non-hydrogen) atoms. The van der Waals surface area contributed by atoms with Crippen molar-refractivity contribution in [3.63, 3.8) is 0 Å². The van der Waals surface area contributed by atoms with E-state index in [0.29, 0.717) is 17.2 Å². The number of thiocarbonyl (C=S) groups is 1. The van der Waals surface area contributed by atoms with Gasteiger partial charge in [0.25, 0.3) is 0 Å². The molecule has 2 N–H and O–H groups in total. The van der Waals surface area contributed by atoms with Crippen molar-refractivity contribution in [2.45, 2.75) is 27.3 Å².